The van der Waals surface area contributed by atoms with Gasteiger partial charge in [0.25, 0.3) is 0 Å². The highest BCUT2D eigenvalue weighted by Crippen LogP contribution is 2.14. The van der Waals surface area contributed by atoms with E-state index in [2.05, 4.69) is 5.32 Å². The molecule has 0 saturated carbocycles. The molecule has 0 heterocycles. The van der Waals surface area contributed by atoms with E-state index in [1.807, 2.05) is 6.92 Å². The average molecular weight is 442 g/mol. The minimum Gasteiger partial charge on any atom is -0.481 e. The number of amides is 1. The van der Waals surface area contributed by atoms with Gasteiger partial charge >= 0.3 is 11.9 Å². The summed E-state index contributed by atoms with van der Waals surface area (Å²) >= 11 is 0. The monoisotopic (exact) mass is 441 g/mol. The summed E-state index contributed by atoms with van der Waals surface area (Å²) in [5.74, 6) is -2.25. The van der Waals surface area contributed by atoms with E-state index < -0.39 is 17.9 Å². The van der Waals surface area contributed by atoms with Gasteiger partial charge in [-0.05, 0) is 19.3 Å². The van der Waals surface area contributed by atoms with E-state index in [9.17, 15) is 14.4 Å². The molecule has 6 nitrogen and oxygen atoms in total. The van der Waals surface area contributed by atoms with Gasteiger partial charge in [0.2, 0.25) is 5.91 Å². The zero-order valence-corrected chi connectivity index (χ0v) is 19.8. The van der Waals surface area contributed by atoms with E-state index in [0.717, 1.165) is 32.1 Å². The second kappa shape index (κ2) is 21.6. The van der Waals surface area contributed by atoms with Crippen LogP contribution >= 0.6 is 0 Å². The van der Waals surface area contributed by atoms with Crippen molar-refractivity contribution in [1.82, 2.24) is 5.32 Å². The molecular formula is C25H47NO5. The summed E-state index contributed by atoms with van der Waals surface area (Å²) < 4.78 is 0. The van der Waals surface area contributed by atoms with Gasteiger partial charge < -0.3 is 15.5 Å². The first-order valence-electron chi connectivity index (χ1n) is 12.7. The summed E-state index contributed by atoms with van der Waals surface area (Å²) in [6, 6.07) is 0. The largest absolute Gasteiger partial charge is 0.481 e. The van der Waals surface area contributed by atoms with E-state index in [1.165, 1.54) is 70.6 Å². The van der Waals surface area contributed by atoms with Crippen molar-refractivity contribution in [2.75, 3.05) is 6.54 Å². The molecule has 0 aliphatic carbocycles. The molecule has 0 fully saturated rings. The molecule has 0 aromatic heterocycles. The first-order chi connectivity index (χ1) is 15.0. The summed E-state index contributed by atoms with van der Waals surface area (Å²) in [6.07, 6.45) is 19.7. The minimum atomic E-state index is -0.873. The van der Waals surface area contributed by atoms with Crippen molar-refractivity contribution in [2.24, 2.45) is 5.92 Å². The van der Waals surface area contributed by atoms with Crippen molar-refractivity contribution in [1.29, 1.82) is 0 Å². The third-order valence-corrected chi connectivity index (χ3v) is 5.81. The molecule has 0 aromatic rings. The minimum absolute atomic E-state index is 0.0932. The topological polar surface area (TPSA) is 104 Å². The SMILES string of the molecule is CCC[C@H](CC(=O)NCCCCCCCCCCCCCCCCCC(=O)O)C(=O)O. The van der Waals surface area contributed by atoms with Crippen LogP contribution in [-0.4, -0.2) is 34.6 Å². The molecule has 1 amide bonds. The van der Waals surface area contributed by atoms with Gasteiger partial charge in [0, 0.05) is 19.4 Å². The number of hydrogen-bond acceptors (Lipinski definition) is 3. The van der Waals surface area contributed by atoms with Crippen LogP contribution in [0.5, 0.6) is 0 Å². The van der Waals surface area contributed by atoms with Crippen molar-refractivity contribution < 1.29 is 24.6 Å². The Balaban J connectivity index is 3.29. The lowest BCUT2D eigenvalue weighted by Gasteiger charge is -2.11. The molecular weight excluding hydrogens is 394 g/mol. The van der Waals surface area contributed by atoms with Gasteiger partial charge in [-0.3, -0.25) is 14.4 Å². The number of unbranched alkanes of at least 4 members (excludes halogenated alkanes) is 14. The summed E-state index contributed by atoms with van der Waals surface area (Å²) in [5.41, 5.74) is 0. The van der Waals surface area contributed by atoms with Crippen LogP contribution in [0.25, 0.3) is 0 Å². The summed E-state index contributed by atoms with van der Waals surface area (Å²) in [7, 11) is 0. The molecule has 6 heteroatoms. The fourth-order valence-corrected chi connectivity index (χ4v) is 3.88. The van der Waals surface area contributed by atoms with Crippen LogP contribution in [0.15, 0.2) is 0 Å². The van der Waals surface area contributed by atoms with Crippen LogP contribution in [0, 0.1) is 5.92 Å². The van der Waals surface area contributed by atoms with Crippen molar-refractivity contribution >= 4 is 17.8 Å². The second-order valence-corrected chi connectivity index (χ2v) is 8.82. The molecule has 0 bridgehead atoms. The van der Waals surface area contributed by atoms with E-state index in [4.69, 9.17) is 10.2 Å². The number of carboxylic acids is 2. The van der Waals surface area contributed by atoms with E-state index in [-0.39, 0.29) is 12.3 Å². The third kappa shape index (κ3) is 21.4. The van der Waals surface area contributed by atoms with Gasteiger partial charge in [-0.15, -0.1) is 0 Å². The molecule has 0 aromatic carbocycles. The first kappa shape index (κ1) is 29.4. The van der Waals surface area contributed by atoms with Crippen LogP contribution in [-0.2, 0) is 14.4 Å². The fraction of sp³-hybridized carbons (Fsp3) is 0.880. The molecule has 0 saturated heterocycles. The Hall–Kier alpha value is -1.59. The number of hydrogen-bond donors (Lipinski definition) is 3. The number of aliphatic carboxylic acids is 2. The Labute approximate surface area is 189 Å². The van der Waals surface area contributed by atoms with Crippen molar-refractivity contribution in [3.63, 3.8) is 0 Å². The summed E-state index contributed by atoms with van der Waals surface area (Å²) in [5, 5.41) is 20.5. The van der Waals surface area contributed by atoms with E-state index >= 15 is 0 Å². The lowest BCUT2D eigenvalue weighted by atomic mass is 10.00. The number of nitrogens with one attached hydrogen (secondary N) is 1. The van der Waals surface area contributed by atoms with Crippen molar-refractivity contribution in [3.05, 3.63) is 0 Å². The Kier molecular flexibility index (Phi) is 20.5. The average Bonchev–Trinajstić information content (AvgIpc) is 2.72. The maximum atomic E-state index is 11.8. The molecule has 0 radical (unpaired) electrons. The highest BCUT2D eigenvalue weighted by molar-refractivity contribution is 5.82. The highest BCUT2D eigenvalue weighted by Gasteiger charge is 2.19. The molecule has 31 heavy (non-hydrogen) atoms. The van der Waals surface area contributed by atoms with E-state index in [0.29, 0.717) is 19.4 Å². The first-order valence-corrected chi connectivity index (χ1v) is 12.7. The predicted molar refractivity (Wildman–Crippen MR) is 125 cm³/mol. The molecule has 0 spiro atoms. The fourth-order valence-electron chi connectivity index (χ4n) is 3.88. The zero-order valence-electron chi connectivity index (χ0n) is 19.8. The third-order valence-electron chi connectivity index (χ3n) is 5.81. The number of carboxylic acid groups (broad SMARTS) is 2. The smallest absolute Gasteiger partial charge is 0.307 e. The molecule has 0 unspecified atom stereocenters. The summed E-state index contributed by atoms with van der Waals surface area (Å²) in [4.78, 5) is 33.3. The zero-order chi connectivity index (χ0) is 23.2. The lowest BCUT2D eigenvalue weighted by molar-refractivity contribution is -0.144. The number of carbonyl (C=O) groups is 3. The van der Waals surface area contributed by atoms with Crippen LogP contribution in [0.4, 0.5) is 0 Å². The van der Waals surface area contributed by atoms with Crippen LogP contribution in [0.3, 0.4) is 0 Å². The highest BCUT2D eigenvalue weighted by atomic mass is 16.4. The molecule has 1 atom stereocenters. The Bertz CT molecular complexity index is 467. The van der Waals surface area contributed by atoms with Gasteiger partial charge in [-0.1, -0.05) is 96.8 Å². The van der Waals surface area contributed by atoms with E-state index in [1.54, 1.807) is 0 Å². The number of carbonyl (C=O) groups excluding carboxylic acids is 1. The van der Waals surface area contributed by atoms with Crippen molar-refractivity contribution in [2.45, 2.75) is 129 Å². The Morgan fingerprint density at radius 3 is 1.48 bits per heavy atom. The summed E-state index contributed by atoms with van der Waals surface area (Å²) in [6.45, 7) is 2.59. The Morgan fingerprint density at radius 1 is 0.677 bits per heavy atom. The van der Waals surface area contributed by atoms with Crippen molar-refractivity contribution in [3.8, 4) is 0 Å². The maximum Gasteiger partial charge on any atom is 0.307 e. The second-order valence-electron chi connectivity index (χ2n) is 8.82. The van der Waals surface area contributed by atoms with Gasteiger partial charge in [-0.2, -0.15) is 0 Å². The molecule has 0 aliphatic rings. The van der Waals surface area contributed by atoms with Crippen LogP contribution in [0.2, 0.25) is 0 Å². The van der Waals surface area contributed by atoms with Crippen LogP contribution < -0.4 is 5.32 Å². The molecule has 0 rings (SSSR count). The number of rotatable bonds is 23. The van der Waals surface area contributed by atoms with Gasteiger partial charge in [0.05, 0.1) is 5.92 Å². The normalized spacial score (nSPS) is 11.9. The van der Waals surface area contributed by atoms with Gasteiger partial charge in [0.1, 0.15) is 0 Å². The molecule has 0 aliphatic heterocycles. The molecule has 182 valence electrons. The van der Waals surface area contributed by atoms with Gasteiger partial charge in [-0.25, -0.2) is 0 Å². The van der Waals surface area contributed by atoms with Crippen LogP contribution in [0.1, 0.15) is 129 Å². The standard InChI is InChI=1S/C25H47NO5/c1-2-18-22(25(30)31)21-23(27)26-20-17-15-13-11-9-7-5-3-4-6-8-10-12-14-16-19-24(28)29/h22H,2-21H2,1H3,(H,26,27)(H,28,29)(H,30,31)/t22-/m1/s1. The Morgan fingerprint density at radius 2 is 1.10 bits per heavy atom. The van der Waals surface area contributed by atoms with Gasteiger partial charge in [0.15, 0.2) is 0 Å². The predicted octanol–water partition coefficient (Wildman–Crippen LogP) is 6.32. The quantitative estimate of drug-likeness (QED) is 0.161. The lowest BCUT2D eigenvalue weighted by Crippen LogP contribution is -2.29. The molecule has 3 N–H and O–H groups in total. The maximum absolute atomic E-state index is 11.8.